The van der Waals surface area contributed by atoms with Gasteiger partial charge in [0, 0.05) is 20.2 Å². The summed E-state index contributed by atoms with van der Waals surface area (Å²) in [5.74, 6) is 0. The normalized spacial score (nSPS) is 10.3. The Hall–Kier alpha value is -0.620. The fourth-order valence-electron chi connectivity index (χ4n) is 1.57. The van der Waals surface area contributed by atoms with Gasteiger partial charge in [-0.1, -0.05) is 55.7 Å². The Labute approximate surface area is 138 Å². The van der Waals surface area contributed by atoms with Crippen LogP contribution < -0.4 is 11.1 Å². The van der Waals surface area contributed by atoms with Crippen LogP contribution in [0.4, 0.5) is 11.4 Å². The topological polar surface area (TPSA) is 38.0 Å². The Morgan fingerprint density at radius 1 is 1.05 bits per heavy atom. The van der Waals surface area contributed by atoms with Crippen molar-refractivity contribution in [3.05, 3.63) is 55.9 Å². The summed E-state index contributed by atoms with van der Waals surface area (Å²) < 4.78 is 1.86. The highest BCUT2D eigenvalue weighted by atomic mass is 79.9. The average Bonchev–Trinajstić information content (AvgIpc) is 2.35. The lowest BCUT2D eigenvalue weighted by Crippen LogP contribution is -2.12. The lowest BCUT2D eigenvalue weighted by Gasteiger charge is -2.13. The Kier molecular flexibility index (Phi) is 4.84. The maximum atomic E-state index is 6.15. The minimum atomic E-state index is 0.329. The van der Waals surface area contributed by atoms with Crippen LogP contribution >= 0.6 is 55.7 Å². The molecule has 0 aliphatic rings. The van der Waals surface area contributed by atoms with Crippen molar-refractivity contribution in [3.63, 3.8) is 0 Å². The average molecular weight is 421 g/mol. The van der Waals surface area contributed by atoms with Crippen LogP contribution in [0.5, 0.6) is 0 Å². The van der Waals surface area contributed by atoms with Crippen molar-refractivity contribution >= 4 is 72.0 Å². The molecule has 0 unspecified atom stereocenters. The van der Waals surface area contributed by atoms with Crippen LogP contribution in [0.3, 0.4) is 0 Å². The number of hydrogen-bond acceptors (Lipinski definition) is 2. The van der Waals surface area contributed by atoms with Crippen LogP contribution in [-0.4, -0.2) is 4.99 Å². The first-order valence-electron chi connectivity index (χ1n) is 5.29. The molecule has 0 spiro atoms. The van der Waals surface area contributed by atoms with Crippen LogP contribution in [-0.2, 0) is 0 Å². The molecule has 2 aromatic carbocycles. The summed E-state index contributed by atoms with van der Waals surface area (Å²) in [5.41, 5.74) is 8.10. The van der Waals surface area contributed by atoms with E-state index in [1.165, 1.54) is 0 Å². The fraction of sp³-hybridized carbons (Fsp3) is 0. The minimum Gasteiger partial charge on any atom is -0.389 e. The van der Waals surface area contributed by atoms with E-state index in [0.29, 0.717) is 10.0 Å². The SMILES string of the molecule is NC(=S)c1cc(Br)ccc1Nc1cc(Br)ccc1Cl. The zero-order chi connectivity index (χ0) is 14.0. The molecule has 3 N–H and O–H groups in total. The smallest absolute Gasteiger partial charge is 0.106 e. The van der Waals surface area contributed by atoms with Crippen LogP contribution in [0, 0.1) is 0 Å². The van der Waals surface area contributed by atoms with E-state index in [-0.39, 0.29) is 0 Å². The molecule has 0 aromatic heterocycles. The second-order valence-electron chi connectivity index (χ2n) is 3.80. The van der Waals surface area contributed by atoms with Crippen molar-refractivity contribution < 1.29 is 0 Å². The molecule has 0 bridgehead atoms. The van der Waals surface area contributed by atoms with E-state index < -0.39 is 0 Å². The Morgan fingerprint density at radius 2 is 1.68 bits per heavy atom. The van der Waals surface area contributed by atoms with Crippen LogP contribution in [0.25, 0.3) is 0 Å². The third-order valence-corrected chi connectivity index (χ3v) is 3.98. The molecule has 2 nitrogen and oxygen atoms in total. The molecule has 2 aromatic rings. The first kappa shape index (κ1) is 14.8. The van der Waals surface area contributed by atoms with Crippen molar-refractivity contribution in [2.45, 2.75) is 0 Å². The molecule has 0 saturated heterocycles. The van der Waals surface area contributed by atoms with Gasteiger partial charge in [-0.3, -0.25) is 0 Å². The van der Waals surface area contributed by atoms with Crippen molar-refractivity contribution in [1.82, 2.24) is 0 Å². The molecule has 0 aliphatic heterocycles. The Bertz CT molecular complexity index is 647. The van der Waals surface area contributed by atoms with E-state index in [4.69, 9.17) is 29.6 Å². The number of nitrogens with two attached hydrogens (primary N) is 1. The first-order valence-corrected chi connectivity index (χ1v) is 7.66. The monoisotopic (exact) mass is 418 g/mol. The third-order valence-electron chi connectivity index (χ3n) is 2.44. The van der Waals surface area contributed by atoms with Crippen molar-refractivity contribution in [2.75, 3.05) is 5.32 Å². The molecular weight excluding hydrogens is 411 g/mol. The molecule has 0 atom stereocenters. The summed E-state index contributed by atoms with van der Waals surface area (Å²) in [5, 5.41) is 3.86. The van der Waals surface area contributed by atoms with E-state index in [1.54, 1.807) is 0 Å². The van der Waals surface area contributed by atoms with Gasteiger partial charge in [-0.2, -0.15) is 0 Å². The summed E-state index contributed by atoms with van der Waals surface area (Å²) >= 11 is 18.0. The van der Waals surface area contributed by atoms with Crippen LogP contribution in [0.15, 0.2) is 45.3 Å². The van der Waals surface area contributed by atoms with Gasteiger partial charge in [0.15, 0.2) is 0 Å². The molecule has 0 saturated carbocycles. The van der Waals surface area contributed by atoms with E-state index in [1.807, 2.05) is 36.4 Å². The largest absolute Gasteiger partial charge is 0.389 e. The number of anilines is 2. The summed E-state index contributed by atoms with van der Waals surface area (Å²) in [6.07, 6.45) is 0. The van der Waals surface area contributed by atoms with Gasteiger partial charge < -0.3 is 11.1 Å². The van der Waals surface area contributed by atoms with Gasteiger partial charge in [0.05, 0.1) is 10.7 Å². The fourth-order valence-corrected chi connectivity index (χ4v) is 2.62. The molecule has 19 heavy (non-hydrogen) atoms. The zero-order valence-corrected chi connectivity index (χ0v) is 14.3. The molecular formula is C13H9Br2ClN2S. The van der Waals surface area contributed by atoms with Gasteiger partial charge >= 0.3 is 0 Å². The van der Waals surface area contributed by atoms with Gasteiger partial charge in [0.1, 0.15) is 4.99 Å². The summed E-state index contributed by atoms with van der Waals surface area (Å²) in [6, 6.07) is 11.3. The van der Waals surface area contributed by atoms with Crippen molar-refractivity contribution in [2.24, 2.45) is 5.73 Å². The quantitative estimate of drug-likeness (QED) is 0.667. The third kappa shape index (κ3) is 3.69. The number of benzene rings is 2. The van der Waals surface area contributed by atoms with E-state index in [9.17, 15) is 0 Å². The molecule has 0 heterocycles. The highest BCUT2D eigenvalue weighted by Gasteiger charge is 2.08. The first-order chi connectivity index (χ1) is 8.97. The highest BCUT2D eigenvalue weighted by Crippen LogP contribution is 2.31. The maximum Gasteiger partial charge on any atom is 0.106 e. The lowest BCUT2D eigenvalue weighted by molar-refractivity contribution is 1.50. The van der Waals surface area contributed by atoms with Gasteiger partial charge in [0.2, 0.25) is 0 Å². The van der Waals surface area contributed by atoms with Gasteiger partial charge in [0.25, 0.3) is 0 Å². The number of halogens is 3. The lowest BCUT2D eigenvalue weighted by atomic mass is 10.1. The van der Waals surface area contributed by atoms with Gasteiger partial charge in [-0.05, 0) is 36.4 Å². The minimum absolute atomic E-state index is 0.329. The Balaban J connectivity index is 2.43. The molecule has 2 rings (SSSR count). The number of nitrogens with one attached hydrogen (secondary N) is 1. The molecule has 0 aliphatic carbocycles. The van der Waals surface area contributed by atoms with Crippen molar-refractivity contribution in [1.29, 1.82) is 0 Å². The van der Waals surface area contributed by atoms with Crippen LogP contribution in [0.1, 0.15) is 5.56 Å². The predicted molar refractivity (Wildman–Crippen MR) is 92.5 cm³/mol. The van der Waals surface area contributed by atoms with Crippen LogP contribution in [0.2, 0.25) is 5.02 Å². The maximum absolute atomic E-state index is 6.15. The molecule has 98 valence electrons. The second kappa shape index (κ2) is 6.22. The molecule has 0 amide bonds. The Morgan fingerprint density at radius 3 is 2.37 bits per heavy atom. The summed E-state index contributed by atoms with van der Waals surface area (Å²) in [7, 11) is 0. The van der Waals surface area contributed by atoms with Gasteiger partial charge in [-0.15, -0.1) is 0 Å². The summed E-state index contributed by atoms with van der Waals surface area (Å²) in [6.45, 7) is 0. The zero-order valence-electron chi connectivity index (χ0n) is 9.58. The molecule has 0 fully saturated rings. The summed E-state index contributed by atoms with van der Waals surface area (Å²) in [4.78, 5) is 0.329. The number of hydrogen-bond donors (Lipinski definition) is 2. The predicted octanol–water partition coefficient (Wildman–Crippen LogP) is 5.24. The van der Waals surface area contributed by atoms with Gasteiger partial charge in [-0.25, -0.2) is 0 Å². The van der Waals surface area contributed by atoms with Crippen molar-refractivity contribution in [3.8, 4) is 0 Å². The standard InChI is InChI=1S/C13H9Br2ClN2S/c14-7-2-4-11(9(5-7)13(17)19)18-12-6-8(15)1-3-10(12)16/h1-6,18H,(H2,17,19). The molecule has 6 heteroatoms. The highest BCUT2D eigenvalue weighted by molar-refractivity contribution is 9.10. The number of thiocarbonyl (C=S) groups is 1. The molecule has 0 radical (unpaired) electrons. The van der Waals surface area contributed by atoms with E-state index in [2.05, 4.69) is 37.2 Å². The second-order valence-corrected chi connectivity index (χ2v) is 6.48. The van der Waals surface area contributed by atoms with E-state index >= 15 is 0 Å². The van der Waals surface area contributed by atoms with E-state index in [0.717, 1.165) is 25.9 Å². The number of rotatable bonds is 3.